The van der Waals surface area contributed by atoms with Gasteiger partial charge in [0.1, 0.15) is 11.0 Å². The SMILES string of the molecule is C=CC(=O)N1CCC(Cn2cc(Nc3cn(C)nc3C3CC3C)c3ncn(C(C)C)c3c2=O)C1. The molecule has 1 aliphatic carbocycles. The first kappa shape index (κ1) is 22.4. The second-order valence-electron chi connectivity index (χ2n) is 10.1. The van der Waals surface area contributed by atoms with E-state index in [1.54, 1.807) is 15.8 Å². The molecule has 0 bridgehead atoms. The van der Waals surface area contributed by atoms with E-state index in [4.69, 9.17) is 5.10 Å². The van der Waals surface area contributed by atoms with Gasteiger partial charge < -0.3 is 19.4 Å². The second-order valence-corrected chi connectivity index (χ2v) is 10.1. The zero-order chi connectivity index (χ0) is 24.1. The number of pyridine rings is 1. The van der Waals surface area contributed by atoms with Crippen LogP contribution in [0, 0.1) is 11.8 Å². The Hall–Kier alpha value is -3.36. The number of aryl methyl sites for hydroxylation is 1. The van der Waals surface area contributed by atoms with Crippen LogP contribution in [0.25, 0.3) is 11.0 Å². The van der Waals surface area contributed by atoms with Crippen molar-refractivity contribution in [3.05, 3.63) is 47.4 Å². The van der Waals surface area contributed by atoms with Crippen LogP contribution >= 0.6 is 0 Å². The minimum absolute atomic E-state index is 0.0519. The maximum Gasteiger partial charge on any atom is 0.276 e. The first-order chi connectivity index (χ1) is 16.3. The molecule has 1 N–H and O–H groups in total. The van der Waals surface area contributed by atoms with Crippen LogP contribution in [0.1, 0.15) is 51.3 Å². The van der Waals surface area contributed by atoms with Gasteiger partial charge in [0.25, 0.3) is 5.56 Å². The van der Waals surface area contributed by atoms with E-state index >= 15 is 0 Å². The summed E-state index contributed by atoms with van der Waals surface area (Å²) in [6, 6.07) is 0.106. The number of fused-ring (bicyclic) bond motifs is 1. The topological polar surface area (TPSA) is 90.0 Å². The third-order valence-electron chi connectivity index (χ3n) is 7.17. The zero-order valence-electron chi connectivity index (χ0n) is 20.4. The van der Waals surface area contributed by atoms with E-state index in [0.717, 1.165) is 29.9 Å². The maximum atomic E-state index is 13.6. The van der Waals surface area contributed by atoms with E-state index in [0.29, 0.717) is 42.5 Å². The highest BCUT2D eigenvalue weighted by Crippen LogP contribution is 2.49. The Morgan fingerprint density at radius 1 is 1.32 bits per heavy atom. The number of imidazole rings is 1. The van der Waals surface area contributed by atoms with Crippen molar-refractivity contribution in [3.63, 3.8) is 0 Å². The van der Waals surface area contributed by atoms with Gasteiger partial charge in [0.2, 0.25) is 5.91 Å². The van der Waals surface area contributed by atoms with Crippen LogP contribution in [0.5, 0.6) is 0 Å². The Morgan fingerprint density at radius 3 is 2.76 bits per heavy atom. The Balaban J connectivity index is 1.53. The zero-order valence-corrected chi connectivity index (χ0v) is 20.4. The number of nitrogens with zero attached hydrogens (tertiary/aromatic N) is 6. The summed E-state index contributed by atoms with van der Waals surface area (Å²) in [4.78, 5) is 32.0. The van der Waals surface area contributed by atoms with E-state index in [2.05, 4.69) is 37.7 Å². The molecule has 5 rings (SSSR count). The molecule has 1 saturated carbocycles. The predicted octanol–water partition coefficient (Wildman–Crippen LogP) is 3.41. The molecule has 1 amide bonds. The number of rotatable bonds is 7. The monoisotopic (exact) mass is 463 g/mol. The molecule has 34 heavy (non-hydrogen) atoms. The fraction of sp³-hybridized carbons (Fsp3) is 0.520. The van der Waals surface area contributed by atoms with Gasteiger partial charge in [-0.15, -0.1) is 0 Å². The van der Waals surface area contributed by atoms with Crippen LogP contribution in [-0.4, -0.2) is 47.8 Å². The molecule has 3 unspecified atom stereocenters. The summed E-state index contributed by atoms with van der Waals surface area (Å²) >= 11 is 0. The van der Waals surface area contributed by atoms with Crippen LogP contribution in [0.15, 0.2) is 36.2 Å². The van der Waals surface area contributed by atoms with Crippen LogP contribution in [0.3, 0.4) is 0 Å². The van der Waals surface area contributed by atoms with Crippen LogP contribution in [-0.2, 0) is 18.4 Å². The van der Waals surface area contributed by atoms with Gasteiger partial charge in [-0.1, -0.05) is 13.5 Å². The molecule has 0 spiro atoms. The van der Waals surface area contributed by atoms with Crippen LogP contribution in [0.2, 0.25) is 0 Å². The van der Waals surface area contributed by atoms with Crippen molar-refractivity contribution in [2.45, 2.75) is 52.1 Å². The summed E-state index contributed by atoms with van der Waals surface area (Å²) in [5.41, 5.74) is 4.05. The minimum Gasteiger partial charge on any atom is -0.350 e. The van der Waals surface area contributed by atoms with Gasteiger partial charge in [0.05, 0.1) is 23.4 Å². The van der Waals surface area contributed by atoms with Crippen molar-refractivity contribution >= 4 is 28.3 Å². The lowest BCUT2D eigenvalue weighted by Gasteiger charge is -2.17. The summed E-state index contributed by atoms with van der Waals surface area (Å²) in [5.74, 6) is 1.26. The van der Waals surface area contributed by atoms with Crippen molar-refractivity contribution in [3.8, 4) is 0 Å². The lowest BCUT2D eigenvalue weighted by atomic mass is 10.1. The van der Waals surface area contributed by atoms with E-state index in [1.807, 2.05) is 28.7 Å². The third kappa shape index (κ3) is 3.93. The number of carbonyl (C=O) groups is 1. The standard InChI is InChI=1S/C25H33N7O2/c1-6-21(33)30-8-7-17(10-30)11-31-13-20(23-24(25(31)34)32(14-26-23)15(2)3)27-19-12-29(5)28-22(19)18-9-16(18)4/h6,12-18,27H,1,7-11H2,2-5H3. The van der Waals surface area contributed by atoms with Gasteiger partial charge in [-0.3, -0.25) is 14.3 Å². The average Bonchev–Trinajstić information content (AvgIpc) is 3.20. The summed E-state index contributed by atoms with van der Waals surface area (Å²) in [6.07, 6.45) is 8.99. The number of nitrogens with one attached hydrogen (secondary N) is 1. The highest BCUT2D eigenvalue weighted by Gasteiger charge is 2.38. The van der Waals surface area contributed by atoms with Gasteiger partial charge in [-0.05, 0) is 44.6 Å². The van der Waals surface area contributed by atoms with Gasteiger partial charge >= 0.3 is 0 Å². The quantitative estimate of drug-likeness (QED) is 0.543. The molecule has 2 aliphatic rings. The summed E-state index contributed by atoms with van der Waals surface area (Å²) < 4.78 is 5.56. The molecule has 0 aromatic carbocycles. The summed E-state index contributed by atoms with van der Waals surface area (Å²) in [6.45, 7) is 11.8. The summed E-state index contributed by atoms with van der Waals surface area (Å²) in [7, 11) is 1.93. The van der Waals surface area contributed by atoms with Crippen molar-refractivity contribution in [2.75, 3.05) is 18.4 Å². The molecule has 3 aromatic heterocycles. The number of aromatic nitrogens is 5. The lowest BCUT2D eigenvalue weighted by Crippen LogP contribution is -2.29. The number of amides is 1. The first-order valence-corrected chi connectivity index (χ1v) is 12.1. The van der Waals surface area contributed by atoms with Crippen LogP contribution in [0.4, 0.5) is 11.4 Å². The van der Waals surface area contributed by atoms with Crippen molar-refractivity contribution in [1.82, 2.24) is 28.8 Å². The Morgan fingerprint density at radius 2 is 2.09 bits per heavy atom. The average molecular weight is 464 g/mol. The molecule has 2 fully saturated rings. The number of carbonyl (C=O) groups excluding carboxylic acids is 1. The fourth-order valence-corrected chi connectivity index (χ4v) is 5.11. The molecular weight excluding hydrogens is 430 g/mol. The highest BCUT2D eigenvalue weighted by atomic mass is 16.2. The molecule has 3 atom stereocenters. The maximum absolute atomic E-state index is 13.6. The molecule has 4 heterocycles. The van der Waals surface area contributed by atoms with Gasteiger partial charge in [0, 0.05) is 51.0 Å². The van der Waals surface area contributed by atoms with E-state index in [9.17, 15) is 9.59 Å². The van der Waals surface area contributed by atoms with Gasteiger partial charge in [-0.2, -0.15) is 5.10 Å². The minimum atomic E-state index is -0.0533. The first-order valence-electron chi connectivity index (χ1n) is 12.1. The second kappa shape index (κ2) is 8.45. The Kier molecular flexibility index (Phi) is 5.58. The molecule has 1 saturated heterocycles. The molecule has 9 nitrogen and oxygen atoms in total. The lowest BCUT2D eigenvalue weighted by molar-refractivity contribution is -0.125. The number of hydrogen-bond donors (Lipinski definition) is 1. The largest absolute Gasteiger partial charge is 0.350 e. The smallest absolute Gasteiger partial charge is 0.276 e. The number of hydrogen-bond acceptors (Lipinski definition) is 5. The molecule has 3 aromatic rings. The van der Waals surface area contributed by atoms with Gasteiger partial charge in [0.15, 0.2) is 0 Å². The van der Waals surface area contributed by atoms with Crippen molar-refractivity contribution < 1.29 is 4.79 Å². The molecule has 180 valence electrons. The summed E-state index contributed by atoms with van der Waals surface area (Å²) in [5, 5.41) is 8.27. The number of anilines is 2. The van der Waals surface area contributed by atoms with E-state index in [-0.39, 0.29) is 23.4 Å². The van der Waals surface area contributed by atoms with E-state index < -0.39 is 0 Å². The van der Waals surface area contributed by atoms with E-state index in [1.165, 1.54) is 6.08 Å². The van der Waals surface area contributed by atoms with Crippen molar-refractivity contribution in [2.24, 2.45) is 18.9 Å². The number of likely N-dealkylation sites (tertiary alicyclic amines) is 1. The molecule has 0 radical (unpaired) electrons. The van der Waals surface area contributed by atoms with Crippen molar-refractivity contribution in [1.29, 1.82) is 0 Å². The highest BCUT2D eigenvalue weighted by molar-refractivity contribution is 5.90. The van der Waals surface area contributed by atoms with Gasteiger partial charge in [-0.25, -0.2) is 4.98 Å². The normalized spacial score (nSPS) is 22.0. The Bertz CT molecular complexity index is 1310. The Labute approximate surface area is 199 Å². The molecule has 1 aliphatic heterocycles. The van der Waals surface area contributed by atoms with Crippen LogP contribution < -0.4 is 10.9 Å². The molecule has 9 heteroatoms. The predicted molar refractivity (Wildman–Crippen MR) is 132 cm³/mol. The molecular formula is C25H33N7O2. The third-order valence-corrected chi connectivity index (χ3v) is 7.17. The fourth-order valence-electron chi connectivity index (χ4n) is 5.11.